The van der Waals surface area contributed by atoms with Gasteiger partial charge in [0.1, 0.15) is 17.5 Å². The Morgan fingerprint density at radius 2 is 1.87 bits per heavy atom. The lowest BCUT2D eigenvalue weighted by Crippen LogP contribution is -2.21. The van der Waals surface area contributed by atoms with Gasteiger partial charge >= 0.3 is 0 Å². The minimum Gasteiger partial charge on any atom is -0.497 e. The molecule has 0 spiro atoms. The molecule has 8 nitrogen and oxygen atoms in total. The van der Waals surface area contributed by atoms with E-state index < -0.39 is 0 Å². The van der Waals surface area contributed by atoms with Crippen LogP contribution in [0.3, 0.4) is 0 Å². The highest BCUT2D eigenvalue weighted by molar-refractivity contribution is 5.95. The van der Waals surface area contributed by atoms with Crippen LogP contribution in [0.4, 0.5) is 5.95 Å². The van der Waals surface area contributed by atoms with E-state index >= 15 is 0 Å². The number of Topliss-reactive ketones (excluding diaryl/α,β-unsaturated/α-hetero) is 1. The van der Waals surface area contributed by atoms with E-state index in [0.29, 0.717) is 29.9 Å². The summed E-state index contributed by atoms with van der Waals surface area (Å²) < 4.78 is 11.2. The van der Waals surface area contributed by atoms with Crippen LogP contribution in [0.25, 0.3) is 11.2 Å². The number of benzene rings is 1. The molecular formula is C22H25N5O3. The third-order valence-electron chi connectivity index (χ3n) is 5.31. The number of aryl methyl sites for hydroxylation is 1. The molecule has 1 aromatic carbocycles. The Morgan fingerprint density at radius 3 is 2.60 bits per heavy atom. The Hall–Kier alpha value is -3.29. The molecule has 30 heavy (non-hydrogen) atoms. The second kappa shape index (κ2) is 9.02. The first kappa shape index (κ1) is 20.0. The van der Waals surface area contributed by atoms with Crippen molar-refractivity contribution >= 4 is 22.9 Å². The second-order valence-corrected chi connectivity index (χ2v) is 7.46. The van der Waals surface area contributed by atoms with Gasteiger partial charge in [0.05, 0.1) is 13.3 Å². The number of hydrogen-bond acceptors (Lipinski definition) is 8. The van der Waals surface area contributed by atoms with E-state index in [4.69, 9.17) is 15.2 Å². The highest BCUT2D eigenvalue weighted by Gasteiger charge is 2.20. The highest BCUT2D eigenvalue weighted by atomic mass is 16.5. The molecule has 0 saturated heterocycles. The fraction of sp³-hybridized carbons (Fsp3) is 0.409. The summed E-state index contributed by atoms with van der Waals surface area (Å²) in [6.07, 6.45) is 7.86. The largest absolute Gasteiger partial charge is 0.497 e. The van der Waals surface area contributed by atoms with Crippen molar-refractivity contribution in [3.8, 4) is 11.6 Å². The summed E-state index contributed by atoms with van der Waals surface area (Å²) in [4.78, 5) is 29.8. The maximum atomic E-state index is 12.7. The van der Waals surface area contributed by atoms with Crippen molar-refractivity contribution < 1.29 is 14.3 Å². The lowest BCUT2D eigenvalue weighted by Gasteiger charge is -2.22. The number of rotatable bonds is 7. The number of hydrogen-bond donors (Lipinski definition) is 1. The van der Waals surface area contributed by atoms with E-state index in [-0.39, 0.29) is 23.5 Å². The third-order valence-corrected chi connectivity index (χ3v) is 5.31. The monoisotopic (exact) mass is 407 g/mol. The molecule has 156 valence electrons. The van der Waals surface area contributed by atoms with Gasteiger partial charge in [0.15, 0.2) is 16.9 Å². The summed E-state index contributed by atoms with van der Waals surface area (Å²) in [6.45, 7) is 0. The van der Waals surface area contributed by atoms with Crippen LogP contribution in [0.1, 0.15) is 54.6 Å². The minimum absolute atomic E-state index is 0.0764. The van der Waals surface area contributed by atoms with Gasteiger partial charge in [-0.1, -0.05) is 18.6 Å². The van der Waals surface area contributed by atoms with Gasteiger partial charge in [0, 0.05) is 6.42 Å². The molecule has 3 aromatic rings. The SMILES string of the molecule is COc1ccc(CCC(=O)c2cnc3nc(N)nc(OC4CCCCC4)c3n2)cc1. The van der Waals surface area contributed by atoms with E-state index in [1.54, 1.807) is 7.11 Å². The number of nitrogens with zero attached hydrogens (tertiary/aromatic N) is 4. The Labute approximate surface area is 174 Å². The number of anilines is 1. The van der Waals surface area contributed by atoms with Crippen molar-refractivity contribution in [2.24, 2.45) is 0 Å². The molecule has 2 aromatic heterocycles. The van der Waals surface area contributed by atoms with Crippen molar-refractivity contribution in [1.29, 1.82) is 0 Å². The number of nitrogen functional groups attached to an aromatic ring is 1. The standard InChI is InChI=1S/C22H25N5O3/c1-29-15-10-7-14(8-11-15)9-12-18(28)17-13-24-20-19(25-17)21(27-22(23)26-20)30-16-5-3-2-4-6-16/h7-8,10-11,13,16H,2-6,9,12H2,1H3,(H2,23,24,26,27). The smallest absolute Gasteiger partial charge is 0.247 e. The zero-order chi connectivity index (χ0) is 20.9. The molecule has 0 amide bonds. The first-order chi connectivity index (χ1) is 14.6. The zero-order valence-electron chi connectivity index (χ0n) is 17.0. The van der Waals surface area contributed by atoms with E-state index in [1.165, 1.54) is 12.6 Å². The molecular weight excluding hydrogens is 382 g/mol. The quantitative estimate of drug-likeness (QED) is 0.592. The van der Waals surface area contributed by atoms with Crippen molar-refractivity contribution in [3.63, 3.8) is 0 Å². The lowest BCUT2D eigenvalue weighted by molar-refractivity contribution is 0.0978. The summed E-state index contributed by atoms with van der Waals surface area (Å²) in [6, 6.07) is 7.66. The van der Waals surface area contributed by atoms with Crippen LogP contribution in [-0.4, -0.2) is 38.9 Å². The molecule has 2 heterocycles. The number of methoxy groups -OCH3 is 1. The summed E-state index contributed by atoms with van der Waals surface area (Å²) in [5, 5.41) is 0. The van der Waals surface area contributed by atoms with Gasteiger partial charge in [-0.3, -0.25) is 4.79 Å². The Morgan fingerprint density at radius 1 is 1.10 bits per heavy atom. The van der Waals surface area contributed by atoms with Crippen LogP contribution in [0.2, 0.25) is 0 Å². The molecule has 0 unspecified atom stereocenters. The third kappa shape index (κ3) is 4.64. The maximum absolute atomic E-state index is 12.7. The summed E-state index contributed by atoms with van der Waals surface area (Å²) in [7, 11) is 1.63. The zero-order valence-corrected chi connectivity index (χ0v) is 17.0. The van der Waals surface area contributed by atoms with Crippen molar-refractivity contribution in [2.75, 3.05) is 12.8 Å². The van der Waals surface area contributed by atoms with Crippen molar-refractivity contribution in [1.82, 2.24) is 19.9 Å². The number of ketones is 1. The van der Waals surface area contributed by atoms with Gasteiger partial charge in [0.2, 0.25) is 11.8 Å². The first-order valence-electron chi connectivity index (χ1n) is 10.3. The molecule has 0 radical (unpaired) electrons. The van der Waals surface area contributed by atoms with Crippen LogP contribution in [0.5, 0.6) is 11.6 Å². The molecule has 0 atom stereocenters. The number of carbonyl (C=O) groups excluding carboxylic acids is 1. The number of ether oxygens (including phenoxy) is 2. The van der Waals surface area contributed by atoms with Crippen molar-refractivity contribution in [2.45, 2.75) is 51.0 Å². The Kier molecular flexibility index (Phi) is 6.02. The fourth-order valence-electron chi connectivity index (χ4n) is 3.63. The maximum Gasteiger partial charge on any atom is 0.247 e. The number of carbonyl (C=O) groups is 1. The van der Waals surface area contributed by atoms with E-state index in [2.05, 4.69) is 19.9 Å². The van der Waals surface area contributed by atoms with Gasteiger partial charge in [0.25, 0.3) is 0 Å². The average Bonchev–Trinajstić information content (AvgIpc) is 2.78. The average molecular weight is 407 g/mol. The summed E-state index contributed by atoms with van der Waals surface area (Å²) in [5.41, 5.74) is 7.85. The molecule has 1 saturated carbocycles. The van der Waals surface area contributed by atoms with Gasteiger partial charge in [-0.2, -0.15) is 9.97 Å². The molecule has 0 bridgehead atoms. The Balaban J connectivity index is 1.52. The molecule has 1 aliphatic carbocycles. The number of fused-ring (bicyclic) bond motifs is 1. The summed E-state index contributed by atoms with van der Waals surface area (Å²) >= 11 is 0. The predicted octanol–water partition coefficient (Wildman–Crippen LogP) is 3.54. The summed E-state index contributed by atoms with van der Waals surface area (Å²) in [5.74, 6) is 1.08. The molecule has 2 N–H and O–H groups in total. The van der Waals surface area contributed by atoms with E-state index in [0.717, 1.165) is 37.0 Å². The Bertz CT molecular complexity index is 1030. The van der Waals surface area contributed by atoms with Crippen LogP contribution >= 0.6 is 0 Å². The van der Waals surface area contributed by atoms with Gasteiger partial charge in [-0.25, -0.2) is 9.97 Å². The van der Waals surface area contributed by atoms with E-state index in [9.17, 15) is 4.79 Å². The van der Waals surface area contributed by atoms with Gasteiger partial charge < -0.3 is 15.2 Å². The minimum atomic E-state index is -0.0966. The highest BCUT2D eigenvalue weighted by Crippen LogP contribution is 2.26. The molecule has 1 aliphatic rings. The van der Waals surface area contributed by atoms with Crippen LogP contribution in [0.15, 0.2) is 30.5 Å². The first-order valence-corrected chi connectivity index (χ1v) is 10.3. The molecule has 0 aliphatic heterocycles. The molecule has 4 rings (SSSR count). The fourth-order valence-corrected chi connectivity index (χ4v) is 3.63. The van der Waals surface area contributed by atoms with E-state index in [1.807, 2.05) is 24.3 Å². The second-order valence-electron chi connectivity index (χ2n) is 7.46. The van der Waals surface area contributed by atoms with Crippen LogP contribution in [0, 0.1) is 0 Å². The predicted molar refractivity (Wildman–Crippen MR) is 113 cm³/mol. The number of aromatic nitrogens is 4. The molecule has 1 fully saturated rings. The molecule has 8 heteroatoms. The topological polar surface area (TPSA) is 113 Å². The van der Waals surface area contributed by atoms with Crippen LogP contribution in [-0.2, 0) is 6.42 Å². The van der Waals surface area contributed by atoms with Gasteiger partial charge in [-0.15, -0.1) is 0 Å². The number of nitrogens with two attached hydrogens (primary N) is 1. The normalized spacial score (nSPS) is 14.6. The van der Waals surface area contributed by atoms with Crippen LogP contribution < -0.4 is 15.2 Å². The van der Waals surface area contributed by atoms with Crippen molar-refractivity contribution in [3.05, 3.63) is 41.7 Å². The van der Waals surface area contributed by atoms with Gasteiger partial charge in [-0.05, 0) is 49.8 Å². The lowest BCUT2D eigenvalue weighted by atomic mass is 9.98.